The average molecular weight is 889 g/mol. The van der Waals surface area contributed by atoms with Gasteiger partial charge in [0, 0.05) is 55.8 Å². The number of ether oxygens (including phenoxy) is 1. The normalized spacial score (nSPS) is 16.4. The number of hydrogen-bond acceptors (Lipinski definition) is 3. The SMILES string of the molecule is CC(C)(C)c1ccc(N(c2ccc3c(c2)c2ccccc2n3-c2ccccc2)c2cc3c(c4oc5ccccc5c24)-c2c(ccc4c2OC2C=CC=CC42)C3(c2ccccc2)c2ccccc2)cc1. The van der Waals surface area contributed by atoms with Gasteiger partial charge < -0.3 is 18.6 Å². The summed E-state index contributed by atoms with van der Waals surface area (Å²) >= 11 is 0. The number of nitrogens with zero attached hydrogens (tertiary/aromatic N) is 2. The van der Waals surface area contributed by atoms with E-state index in [1.807, 2.05) is 0 Å². The highest BCUT2D eigenvalue weighted by molar-refractivity contribution is 6.20. The predicted molar refractivity (Wildman–Crippen MR) is 284 cm³/mol. The standard InChI is InChI=1S/C65H48N2O2/c1-64(2,3)41-31-33-45(34-32-41)66(46-35-38-55-51(39-46)47-25-13-16-28-54(47)67(55)44-23-11-6-12-24-44)56-40-53-61(63-59(56)50-27-15-18-30-58(50)69-63)60-52(37-36-49-48-26-14-17-29-57(48)68-62(49)60)65(53,42-19-7-4-8-20-42)43-21-9-5-10-22-43/h4-40,48,57H,1-3H3. The van der Waals surface area contributed by atoms with Crippen LogP contribution in [0.1, 0.15) is 60.1 Å². The van der Waals surface area contributed by atoms with Gasteiger partial charge in [0.25, 0.3) is 0 Å². The number of para-hydroxylation sites is 3. The van der Waals surface area contributed by atoms with Gasteiger partial charge in [0.2, 0.25) is 0 Å². The molecule has 3 heterocycles. The highest BCUT2D eigenvalue weighted by atomic mass is 16.5. The van der Waals surface area contributed by atoms with Crippen LogP contribution in [0.25, 0.3) is 60.6 Å². The van der Waals surface area contributed by atoms with Gasteiger partial charge in [-0.2, -0.15) is 0 Å². The lowest BCUT2D eigenvalue weighted by atomic mass is 9.67. The molecule has 2 unspecified atom stereocenters. The first kappa shape index (κ1) is 39.8. The Morgan fingerprint density at radius 3 is 1.91 bits per heavy atom. The van der Waals surface area contributed by atoms with Crippen molar-refractivity contribution in [3.8, 4) is 22.6 Å². The van der Waals surface area contributed by atoms with E-state index in [1.165, 1.54) is 44.1 Å². The van der Waals surface area contributed by atoms with E-state index in [0.717, 1.165) is 72.6 Å². The highest BCUT2D eigenvalue weighted by Crippen LogP contribution is 2.65. The number of anilines is 3. The molecule has 0 amide bonds. The number of rotatable bonds is 6. The van der Waals surface area contributed by atoms with E-state index in [1.54, 1.807) is 0 Å². The Bertz CT molecular complexity index is 3870. The maximum absolute atomic E-state index is 7.39. The molecule has 0 fully saturated rings. The van der Waals surface area contributed by atoms with Crippen molar-refractivity contribution in [1.29, 1.82) is 0 Å². The molecule has 0 saturated carbocycles. The fourth-order valence-electron chi connectivity index (χ4n) is 12.1. The molecule has 0 bridgehead atoms. The van der Waals surface area contributed by atoms with Crippen LogP contribution in [0, 0.1) is 0 Å². The molecule has 14 rings (SSSR count). The summed E-state index contributed by atoms with van der Waals surface area (Å²) in [6.07, 6.45) is 8.68. The minimum atomic E-state index is -0.734. The summed E-state index contributed by atoms with van der Waals surface area (Å²) in [7, 11) is 0. The lowest BCUT2D eigenvalue weighted by molar-refractivity contribution is 0.269. The van der Waals surface area contributed by atoms with Gasteiger partial charge in [-0.3, -0.25) is 0 Å². The highest BCUT2D eigenvalue weighted by Gasteiger charge is 2.51. The molecule has 4 nitrogen and oxygen atoms in total. The van der Waals surface area contributed by atoms with Gasteiger partial charge in [0.05, 0.1) is 27.5 Å². The zero-order valence-electron chi connectivity index (χ0n) is 38.7. The Morgan fingerprint density at radius 1 is 0.536 bits per heavy atom. The topological polar surface area (TPSA) is 30.5 Å². The zero-order chi connectivity index (χ0) is 46.0. The summed E-state index contributed by atoms with van der Waals surface area (Å²) in [4.78, 5) is 2.49. The Morgan fingerprint density at radius 2 is 1.17 bits per heavy atom. The molecule has 0 N–H and O–H groups in total. The smallest absolute Gasteiger partial charge is 0.145 e. The van der Waals surface area contributed by atoms with Crippen molar-refractivity contribution in [3.05, 3.63) is 258 Å². The molecular weight excluding hydrogens is 841 g/mol. The summed E-state index contributed by atoms with van der Waals surface area (Å²) in [5.74, 6) is 1.07. The summed E-state index contributed by atoms with van der Waals surface area (Å²) in [6.45, 7) is 6.85. The van der Waals surface area contributed by atoms with E-state index in [9.17, 15) is 0 Å². The lowest BCUT2D eigenvalue weighted by Gasteiger charge is -2.35. The van der Waals surface area contributed by atoms with Crippen molar-refractivity contribution < 1.29 is 9.15 Å². The first-order chi connectivity index (χ1) is 33.9. The number of aromatic nitrogens is 1. The molecule has 69 heavy (non-hydrogen) atoms. The molecule has 2 aliphatic carbocycles. The van der Waals surface area contributed by atoms with Crippen molar-refractivity contribution in [1.82, 2.24) is 4.57 Å². The van der Waals surface area contributed by atoms with Crippen molar-refractivity contribution in [2.75, 3.05) is 4.90 Å². The van der Waals surface area contributed by atoms with Crippen molar-refractivity contribution in [2.45, 2.75) is 43.6 Å². The Hall–Kier alpha value is -8.34. The van der Waals surface area contributed by atoms with Crippen molar-refractivity contribution in [3.63, 3.8) is 0 Å². The maximum Gasteiger partial charge on any atom is 0.145 e. The molecule has 3 aliphatic rings. The van der Waals surface area contributed by atoms with Crippen molar-refractivity contribution >= 4 is 60.8 Å². The second-order valence-electron chi connectivity index (χ2n) is 19.9. The zero-order valence-corrected chi connectivity index (χ0v) is 38.7. The minimum Gasteiger partial charge on any atom is -0.484 e. The van der Waals surface area contributed by atoms with Gasteiger partial charge in [-0.25, -0.2) is 0 Å². The average Bonchev–Trinajstić information content (AvgIpc) is 4.14. The van der Waals surface area contributed by atoms with E-state index in [-0.39, 0.29) is 17.4 Å². The first-order valence-electron chi connectivity index (χ1n) is 24.2. The van der Waals surface area contributed by atoms with Gasteiger partial charge in [-0.1, -0.05) is 179 Å². The van der Waals surface area contributed by atoms with Gasteiger partial charge in [-0.15, -0.1) is 0 Å². The predicted octanol–water partition coefficient (Wildman–Crippen LogP) is 16.8. The van der Waals surface area contributed by atoms with Crippen LogP contribution in [-0.4, -0.2) is 10.7 Å². The molecule has 11 aromatic rings. The molecule has 0 spiro atoms. The van der Waals surface area contributed by atoms with Crippen LogP contribution in [0.15, 0.2) is 229 Å². The van der Waals surface area contributed by atoms with E-state index < -0.39 is 5.41 Å². The number of hydrogen-bond donors (Lipinski definition) is 0. The third-order valence-corrected chi connectivity index (χ3v) is 15.1. The fourth-order valence-corrected chi connectivity index (χ4v) is 12.1. The third kappa shape index (κ3) is 5.69. The Labute approximate surface area is 401 Å². The van der Waals surface area contributed by atoms with Crippen molar-refractivity contribution in [2.24, 2.45) is 0 Å². The first-order valence-corrected chi connectivity index (χ1v) is 24.2. The van der Waals surface area contributed by atoms with Crippen LogP contribution in [0.5, 0.6) is 5.75 Å². The summed E-state index contributed by atoms with van der Waals surface area (Å²) in [5.41, 5.74) is 17.0. The van der Waals surface area contributed by atoms with Gasteiger partial charge in [-0.05, 0) is 100.0 Å². The lowest BCUT2D eigenvalue weighted by Crippen LogP contribution is -2.28. The van der Waals surface area contributed by atoms with Gasteiger partial charge >= 0.3 is 0 Å². The van der Waals surface area contributed by atoms with Crippen LogP contribution < -0.4 is 9.64 Å². The molecule has 330 valence electrons. The van der Waals surface area contributed by atoms with E-state index in [2.05, 4.69) is 255 Å². The molecule has 0 radical (unpaired) electrons. The van der Waals surface area contributed by atoms with Crippen LogP contribution in [-0.2, 0) is 10.8 Å². The number of allylic oxidation sites excluding steroid dienone is 2. The van der Waals surface area contributed by atoms with Crippen LogP contribution in [0.2, 0.25) is 0 Å². The fraction of sp³-hybridized carbons (Fsp3) is 0.108. The molecule has 4 heteroatoms. The molecule has 2 atom stereocenters. The second-order valence-corrected chi connectivity index (χ2v) is 19.9. The molecule has 9 aromatic carbocycles. The summed E-state index contributed by atoms with van der Waals surface area (Å²) in [6, 6.07) is 73.6. The molecule has 1 aliphatic heterocycles. The maximum atomic E-state index is 7.39. The number of benzene rings is 9. The Balaban J connectivity index is 1.13. The quantitative estimate of drug-likeness (QED) is 0.167. The van der Waals surface area contributed by atoms with Crippen LogP contribution >= 0.6 is 0 Å². The van der Waals surface area contributed by atoms with Gasteiger partial charge in [0.1, 0.15) is 23.0 Å². The van der Waals surface area contributed by atoms with Crippen LogP contribution in [0.4, 0.5) is 17.1 Å². The molecule has 0 saturated heterocycles. The van der Waals surface area contributed by atoms with E-state index >= 15 is 0 Å². The second kappa shape index (κ2) is 14.8. The largest absolute Gasteiger partial charge is 0.484 e. The monoisotopic (exact) mass is 888 g/mol. The third-order valence-electron chi connectivity index (χ3n) is 15.1. The number of furan rings is 1. The Kier molecular flexibility index (Phi) is 8.55. The van der Waals surface area contributed by atoms with Crippen LogP contribution in [0.3, 0.4) is 0 Å². The van der Waals surface area contributed by atoms with Gasteiger partial charge in [0.15, 0.2) is 0 Å². The summed E-state index contributed by atoms with van der Waals surface area (Å²) in [5, 5.41) is 4.52. The molecular formula is C65H48N2O2. The summed E-state index contributed by atoms with van der Waals surface area (Å²) < 4.78 is 17.0. The van der Waals surface area contributed by atoms with E-state index in [0.29, 0.717) is 0 Å². The number of fused-ring (bicyclic) bond motifs is 14. The molecule has 2 aromatic heterocycles. The minimum absolute atomic E-state index is 0.0225. The van der Waals surface area contributed by atoms with E-state index in [4.69, 9.17) is 9.15 Å².